The molecule has 0 atom stereocenters. The molecule has 0 bridgehead atoms. The van der Waals surface area contributed by atoms with E-state index < -0.39 is 0 Å². The minimum Gasteiger partial charge on any atom is -0.857 e. The van der Waals surface area contributed by atoms with Crippen LogP contribution < -0.4 is 15.3 Å². The molecule has 6 rings (SSSR count). The van der Waals surface area contributed by atoms with Gasteiger partial charge in [0.05, 0.1) is 0 Å². The zero-order valence-corrected chi connectivity index (χ0v) is 37.8. The molecule has 0 unspecified atom stereocenters. The molecule has 310 valence electrons. The van der Waals surface area contributed by atoms with Crippen LogP contribution in [0.1, 0.15) is 47.2 Å². The van der Waals surface area contributed by atoms with Crippen molar-refractivity contribution in [3.05, 3.63) is 274 Å². The second kappa shape index (κ2) is 42.0. The van der Waals surface area contributed by atoms with Crippen molar-refractivity contribution in [3.8, 4) is 0 Å². The van der Waals surface area contributed by atoms with E-state index in [1.165, 1.54) is 39.0 Å². The Hall–Kier alpha value is -6.17. The summed E-state index contributed by atoms with van der Waals surface area (Å²) < 4.78 is 2.04. The monoisotopic (exact) mass is 840 g/mol. The Bertz CT molecular complexity index is 1710. The maximum atomic E-state index is 8.25. The Morgan fingerprint density at radius 1 is 0.328 bits per heavy atom. The third-order valence-corrected chi connectivity index (χ3v) is 7.92. The number of allylic oxidation sites excluding steroid dienone is 9. The summed E-state index contributed by atoms with van der Waals surface area (Å²) in [5.41, 5.74) is 8.66. The van der Waals surface area contributed by atoms with Crippen LogP contribution in [0.15, 0.2) is 241 Å². The Labute approximate surface area is 379 Å². The molecule has 0 saturated carbocycles. The van der Waals surface area contributed by atoms with Crippen molar-refractivity contribution in [1.29, 1.82) is 0 Å². The summed E-state index contributed by atoms with van der Waals surface area (Å²) in [4.78, 5) is 0. The molecule has 0 fully saturated rings. The van der Waals surface area contributed by atoms with Crippen molar-refractivity contribution >= 4 is 36.5 Å². The molecule has 0 N–H and O–H groups in total. The molecule has 0 aliphatic heterocycles. The van der Waals surface area contributed by atoms with Crippen LogP contribution in [-0.4, -0.2) is 21.3 Å². The van der Waals surface area contributed by atoms with Crippen LogP contribution in [0, 0.1) is 0 Å². The summed E-state index contributed by atoms with van der Waals surface area (Å²) in [6, 6.07) is 61.7. The van der Waals surface area contributed by atoms with E-state index in [2.05, 4.69) is 165 Å². The zero-order valence-electron chi connectivity index (χ0n) is 36.2. The Morgan fingerprint density at radius 2 is 0.492 bits per heavy atom. The van der Waals surface area contributed by atoms with Crippen molar-refractivity contribution in [2.24, 2.45) is 0 Å². The van der Waals surface area contributed by atoms with Gasteiger partial charge in [0.1, 0.15) is 0 Å². The Kier molecular flexibility index (Phi) is 37.7. The van der Waals surface area contributed by atoms with Gasteiger partial charge in [0.25, 0.3) is 0 Å². The van der Waals surface area contributed by atoms with Gasteiger partial charge in [-0.15, -0.1) is 0 Å². The van der Waals surface area contributed by atoms with Gasteiger partial charge >= 0.3 is 56.4 Å². The molecule has 0 spiro atoms. The number of hydrogen-bond acceptors (Lipinski definition) is 3. The van der Waals surface area contributed by atoms with Crippen molar-refractivity contribution in [1.82, 2.24) is 0 Å². The first-order valence-electron chi connectivity index (χ1n) is 19.7. The average Bonchev–Trinajstić information content (AvgIpc) is 3.35. The van der Waals surface area contributed by atoms with E-state index >= 15 is 0 Å². The number of rotatable bonds is 10. The molecule has 6 aromatic rings. The molecular weight excluding hydrogens is 780 g/mol. The van der Waals surface area contributed by atoms with Crippen LogP contribution in [0.5, 0.6) is 0 Å². The van der Waals surface area contributed by atoms with Crippen LogP contribution in [0.3, 0.4) is 0 Å². The minimum atomic E-state index is 0.750. The fraction of sp³-hybridized carbons (Fsp3) is 0.0877. The second-order valence-electron chi connectivity index (χ2n) is 12.0. The molecule has 0 aliphatic carbocycles. The van der Waals surface area contributed by atoms with E-state index in [4.69, 9.17) is 15.3 Å². The molecule has 4 heteroatoms. The summed E-state index contributed by atoms with van der Waals surface area (Å²) in [6.45, 7) is 4.12. The number of benzene rings is 6. The summed E-state index contributed by atoms with van der Waals surface area (Å²) in [5, 5.41) is 24.8. The van der Waals surface area contributed by atoms with E-state index in [0.29, 0.717) is 0 Å². The molecule has 6 aromatic carbocycles. The van der Waals surface area contributed by atoms with Gasteiger partial charge in [0.2, 0.25) is 0 Å². The van der Waals surface area contributed by atoms with Crippen molar-refractivity contribution in [2.45, 2.75) is 13.8 Å². The molecule has 61 heavy (non-hydrogen) atoms. The zero-order chi connectivity index (χ0) is 44.9. The largest absolute Gasteiger partial charge is 0.857 e. The summed E-state index contributed by atoms with van der Waals surface area (Å²) >= 11 is 2.02. The Balaban J connectivity index is 0.000000777. The quantitative estimate of drug-likeness (QED) is 0.102. The van der Waals surface area contributed by atoms with Gasteiger partial charge in [-0.05, 0) is 33.4 Å². The molecule has 0 saturated heterocycles. The van der Waals surface area contributed by atoms with E-state index in [9.17, 15) is 0 Å². The summed E-state index contributed by atoms with van der Waals surface area (Å²) in [6.07, 6.45) is 29.1. The molecule has 0 amide bonds. The van der Waals surface area contributed by atoms with Gasteiger partial charge in [0, 0.05) is 0 Å². The fourth-order valence-corrected chi connectivity index (χ4v) is 5.02. The molecular formula is C57H60O3Ti. The van der Waals surface area contributed by atoms with Crippen molar-refractivity contribution in [2.75, 3.05) is 21.3 Å². The molecule has 0 heterocycles. The number of hydrogen-bond donors (Lipinski definition) is 0. The van der Waals surface area contributed by atoms with Crippen molar-refractivity contribution < 1.29 is 35.8 Å². The third-order valence-electron chi connectivity index (χ3n) is 7.66. The predicted molar refractivity (Wildman–Crippen MR) is 259 cm³/mol. The van der Waals surface area contributed by atoms with Crippen LogP contribution in [-0.2, 0) is 20.4 Å². The summed E-state index contributed by atoms with van der Waals surface area (Å²) in [7, 11) is 2.25. The Morgan fingerprint density at radius 3 is 0.607 bits per heavy atom. The summed E-state index contributed by atoms with van der Waals surface area (Å²) in [5.74, 6) is 0. The molecule has 0 aromatic heterocycles. The normalized spacial score (nSPS) is 10.7. The van der Waals surface area contributed by atoms with Gasteiger partial charge in [-0.25, -0.2) is 0 Å². The maximum absolute atomic E-state index is 8.25. The third kappa shape index (κ3) is 31.4. The maximum Gasteiger partial charge on any atom is -0.153 e. The second-order valence-corrected chi connectivity index (χ2v) is 12.5. The standard InChI is InChI=1S/3C16H14.C6H9.3CH3O.Ti/c3*1-3-9-15(10-4-1)13-7-8-14-16-11-5-2-6-12-16;1-4-6(3)5-2;3*1-2;/h3*1-14H;1,4-5H,2-3H3;3*1H3;/q;;;;3*-1;+3. The first-order chi connectivity index (χ1) is 30.2. The molecule has 0 aliphatic rings. The van der Waals surface area contributed by atoms with Gasteiger partial charge in [-0.3, -0.25) is 0 Å². The first-order valence-corrected chi connectivity index (χ1v) is 20.6. The average molecular weight is 841 g/mol. The predicted octanol–water partition coefficient (Wildman–Crippen LogP) is 12.2. The van der Waals surface area contributed by atoms with E-state index in [-0.39, 0.29) is 0 Å². The molecule has 0 radical (unpaired) electrons. The minimum absolute atomic E-state index is 0.750. The van der Waals surface area contributed by atoms with Gasteiger partial charge in [0.15, 0.2) is 0 Å². The smallest absolute Gasteiger partial charge is 0.153 e. The van der Waals surface area contributed by atoms with Gasteiger partial charge in [-0.2, -0.15) is 21.3 Å². The molecule has 3 nitrogen and oxygen atoms in total. The van der Waals surface area contributed by atoms with Crippen molar-refractivity contribution in [3.63, 3.8) is 0 Å². The van der Waals surface area contributed by atoms with Gasteiger partial charge < -0.3 is 15.3 Å². The van der Waals surface area contributed by atoms with Gasteiger partial charge in [-0.1, -0.05) is 255 Å². The fourth-order valence-electron chi connectivity index (χ4n) is 4.61. The van der Waals surface area contributed by atoms with Crippen LogP contribution in [0.25, 0.3) is 36.5 Å². The topological polar surface area (TPSA) is 69.2 Å². The van der Waals surface area contributed by atoms with E-state index in [1.807, 2.05) is 141 Å². The van der Waals surface area contributed by atoms with Crippen LogP contribution in [0.4, 0.5) is 0 Å². The van der Waals surface area contributed by atoms with E-state index in [1.54, 1.807) is 0 Å². The first kappa shape index (κ1) is 54.8. The van der Waals surface area contributed by atoms with Crippen LogP contribution >= 0.6 is 0 Å². The van der Waals surface area contributed by atoms with Crippen LogP contribution in [0.2, 0.25) is 0 Å². The SMILES string of the molecule is C(C=Cc1ccccc1)=Cc1ccccc1.C(C=Cc1ccccc1)=Cc1ccccc1.C(C=Cc1ccccc1)=Cc1ccccc1.CC=C(C)C=[CH][Ti+3].C[O-].C[O-].C[O-]. The van der Waals surface area contributed by atoms with E-state index in [0.717, 1.165) is 21.3 Å².